The molecule has 0 radical (unpaired) electrons. The Morgan fingerprint density at radius 1 is 1.20 bits per heavy atom. The molecule has 106 valence electrons. The van der Waals surface area contributed by atoms with Crippen LogP contribution in [-0.2, 0) is 0 Å². The third kappa shape index (κ3) is 3.50. The first kappa shape index (κ1) is 14.4. The lowest BCUT2D eigenvalue weighted by Crippen LogP contribution is -2.00. The first-order chi connectivity index (χ1) is 9.74. The fourth-order valence-corrected chi connectivity index (χ4v) is 2.10. The molecule has 0 saturated heterocycles. The molecule has 2 aromatic rings. The van der Waals surface area contributed by atoms with E-state index >= 15 is 0 Å². The van der Waals surface area contributed by atoms with Crippen molar-refractivity contribution >= 4 is 5.69 Å². The summed E-state index contributed by atoms with van der Waals surface area (Å²) in [7, 11) is 1.65. The number of aromatic nitrogens is 1. The molecular weight excluding hydrogens is 248 g/mol. The molecule has 0 spiro atoms. The summed E-state index contributed by atoms with van der Waals surface area (Å²) < 4.78 is 5.34. The normalized spacial score (nSPS) is 10.3. The highest BCUT2D eigenvalue weighted by Crippen LogP contribution is 2.29. The Kier molecular flexibility index (Phi) is 4.99. The van der Waals surface area contributed by atoms with Crippen LogP contribution >= 0.6 is 0 Å². The van der Waals surface area contributed by atoms with Gasteiger partial charge in [-0.25, -0.2) is 4.98 Å². The number of benzene rings is 1. The van der Waals surface area contributed by atoms with E-state index in [-0.39, 0.29) is 0 Å². The molecule has 0 unspecified atom stereocenters. The maximum atomic E-state index is 5.34. The van der Waals surface area contributed by atoms with Gasteiger partial charge in [0.15, 0.2) is 0 Å². The third-order valence-corrected chi connectivity index (χ3v) is 3.24. The Hall–Kier alpha value is -2.03. The van der Waals surface area contributed by atoms with Gasteiger partial charge in [-0.15, -0.1) is 0 Å². The lowest BCUT2D eigenvalue weighted by Gasteiger charge is -2.10. The predicted molar refractivity (Wildman–Crippen MR) is 84.4 cm³/mol. The van der Waals surface area contributed by atoms with Gasteiger partial charge >= 0.3 is 0 Å². The number of nitrogens with zero attached hydrogens (tertiary/aromatic N) is 1. The van der Waals surface area contributed by atoms with Crippen molar-refractivity contribution in [1.82, 2.24) is 4.98 Å². The van der Waals surface area contributed by atoms with Crippen LogP contribution in [0.15, 0.2) is 36.5 Å². The van der Waals surface area contributed by atoms with Crippen molar-refractivity contribution in [3.8, 4) is 17.0 Å². The van der Waals surface area contributed by atoms with Crippen LogP contribution in [0.25, 0.3) is 11.1 Å². The van der Waals surface area contributed by atoms with E-state index in [1.807, 2.05) is 13.1 Å². The van der Waals surface area contributed by atoms with E-state index in [0.717, 1.165) is 28.9 Å². The zero-order chi connectivity index (χ0) is 14.4. The summed E-state index contributed by atoms with van der Waals surface area (Å²) in [5, 5.41) is 3.42. The van der Waals surface area contributed by atoms with Crippen molar-refractivity contribution in [2.24, 2.45) is 0 Å². The summed E-state index contributed by atoms with van der Waals surface area (Å²) in [6.45, 7) is 5.25. The Morgan fingerprint density at radius 2 is 1.95 bits per heavy atom. The van der Waals surface area contributed by atoms with E-state index in [9.17, 15) is 0 Å². The van der Waals surface area contributed by atoms with Crippen LogP contribution in [0.3, 0.4) is 0 Å². The fraction of sp³-hybridized carbons (Fsp3) is 0.353. The molecule has 0 aliphatic heterocycles. The lowest BCUT2D eigenvalue weighted by molar-refractivity contribution is 0.399. The van der Waals surface area contributed by atoms with Crippen molar-refractivity contribution in [1.29, 1.82) is 0 Å². The molecule has 1 aromatic carbocycles. The van der Waals surface area contributed by atoms with E-state index in [4.69, 9.17) is 4.74 Å². The summed E-state index contributed by atoms with van der Waals surface area (Å²) in [5.74, 6) is 0.669. The van der Waals surface area contributed by atoms with Crippen molar-refractivity contribution in [2.45, 2.75) is 26.7 Å². The largest absolute Gasteiger partial charge is 0.481 e. The number of nitrogens with one attached hydrogen (secondary N) is 1. The van der Waals surface area contributed by atoms with E-state index < -0.39 is 0 Å². The monoisotopic (exact) mass is 270 g/mol. The smallest absolute Gasteiger partial charge is 0.221 e. The Morgan fingerprint density at radius 3 is 2.60 bits per heavy atom. The maximum absolute atomic E-state index is 5.34. The molecule has 1 heterocycles. The first-order valence-electron chi connectivity index (χ1n) is 7.09. The van der Waals surface area contributed by atoms with Crippen molar-refractivity contribution in [2.75, 3.05) is 19.0 Å². The van der Waals surface area contributed by atoms with Gasteiger partial charge in [0, 0.05) is 24.0 Å². The number of aryl methyl sites for hydroxylation is 1. The number of anilines is 1. The van der Waals surface area contributed by atoms with Crippen LogP contribution < -0.4 is 10.1 Å². The van der Waals surface area contributed by atoms with Gasteiger partial charge < -0.3 is 10.1 Å². The minimum absolute atomic E-state index is 0.669. The topological polar surface area (TPSA) is 34.2 Å². The quantitative estimate of drug-likeness (QED) is 0.796. The maximum Gasteiger partial charge on any atom is 0.221 e. The van der Waals surface area contributed by atoms with Gasteiger partial charge in [0.2, 0.25) is 5.88 Å². The van der Waals surface area contributed by atoms with Gasteiger partial charge in [-0.2, -0.15) is 0 Å². The summed E-state index contributed by atoms with van der Waals surface area (Å²) >= 11 is 0. The zero-order valence-corrected chi connectivity index (χ0v) is 12.4. The van der Waals surface area contributed by atoms with Gasteiger partial charge in [-0.3, -0.25) is 0 Å². The fourth-order valence-electron chi connectivity index (χ4n) is 2.10. The molecule has 0 aliphatic carbocycles. The summed E-state index contributed by atoms with van der Waals surface area (Å²) in [5.41, 5.74) is 4.44. The second-order valence-corrected chi connectivity index (χ2v) is 4.93. The minimum Gasteiger partial charge on any atom is -0.481 e. The average molecular weight is 270 g/mol. The first-order valence-corrected chi connectivity index (χ1v) is 7.09. The van der Waals surface area contributed by atoms with Gasteiger partial charge in [-0.1, -0.05) is 25.5 Å². The predicted octanol–water partition coefficient (Wildman–Crippen LogP) is 4.28. The zero-order valence-electron chi connectivity index (χ0n) is 12.4. The molecule has 1 N–H and O–H groups in total. The molecule has 0 amide bonds. The number of rotatable bonds is 6. The SMILES string of the molecule is CCCCNc1ccc(-c2cc(C)cnc2OC)cc1. The highest BCUT2D eigenvalue weighted by Gasteiger charge is 2.07. The van der Waals surface area contributed by atoms with Gasteiger partial charge in [0.05, 0.1) is 7.11 Å². The molecule has 3 heteroatoms. The molecule has 0 atom stereocenters. The van der Waals surface area contributed by atoms with E-state index in [2.05, 4.69) is 47.6 Å². The highest BCUT2D eigenvalue weighted by atomic mass is 16.5. The summed E-state index contributed by atoms with van der Waals surface area (Å²) in [6, 6.07) is 10.5. The van der Waals surface area contributed by atoms with Crippen LogP contribution in [-0.4, -0.2) is 18.6 Å². The molecule has 2 rings (SSSR count). The molecule has 0 fully saturated rings. The molecule has 3 nitrogen and oxygen atoms in total. The molecule has 0 saturated carbocycles. The second kappa shape index (κ2) is 6.94. The molecule has 20 heavy (non-hydrogen) atoms. The molecule has 0 aliphatic rings. The number of unbranched alkanes of at least 4 members (excludes halogenated alkanes) is 1. The summed E-state index contributed by atoms with van der Waals surface area (Å²) in [4.78, 5) is 4.32. The van der Waals surface area contributed by atoms with Gasteiger partial charge in [0.1, 0.15) is 0 Å². The van der Waals surface area contributed by atoms with Crippen LogP contribution in [0.2, 0.25) is 0 Å². The number of hydrogen-bond donors (Lipinski definition) is 1. The summed E-state index contributed by atoms with van der Waals surface area (Å²) in [6.07, 6.45) is 4.22. The standard InChI is InChI=1S/C17H22N2O/c1-4-5-10-18-15-8-6-14(7-9-15)16-11-13(2)12-19-17(16)20-3/h6-9,11-12,18H,4-5,10H2,1-3H3. The number of methoxy groups -OCH3 is 1. The Balaban J connectivity index is 2.19. The van der Waals surface area contributed by atoms with Crippen LogP contribution in [0, 0.1) is 6.92 Å². The van der Waals surface area contributed by atoms with Crippen LogP contribution in [0.5, 0.6) is 5.88 Å². The number of ether oxygens (including phenoxy) is 1. The molecular formula is C17H22N2O. The van der Waals surface area contributed by atoms with Gasteiger partial charge in [0.25, 0.3) is 0 Å². The van der Waals surface area contributed by atoms with Crippen LogP contribution in [0.4, 0.5) is 5.69 Å². The van der Waals surface area contributed by atoms with Gasteiger partial charge in [-0.05, 0) is 42.7 Å². The number of hydrogen-bond acceptors (Lipinski definition) is 3. The minimum atomic E-state index is 0.669. The second-order valence-electron chi connectivity index (χ2n) is 4.93. The number of pyridine rings is 1. The average Bonchev–Trinajstić information content (AvgIpc) is 2.48. The van der Waals surface area contributed by atoms with Crippen molar-refractivity contribution in [3.05, 3.63) is 42.1 Å². The third-order valence-electron chi connectivity index (χ3n) is 3.24. The van der Waals surface area contributed by atoms with Crippen molar-refractivity contribution in [3.63, 3.8) is 0 Å². The lowest BCUT2D eigenvalue weighted by atomic mass is 10.1. The Labute approximate surface area is 121 Å². The van der Waals surface area contributed by atoms with E-state index in [1.165, 1.54) is 12.8 Å². The van der Waals surface area contributed by atoms with Crippen LogP contribution in [0.1, 0.15) is 25.3 Å². The molecule has 1 aromatic heterocycles. The van der Waals surface area contributed by atoms with E-state index in [1.54, 1.807) is 7.11 Å². The van der Waals surface area contributed by atoms with Crippen molar-refractivity contribution < 1.29 is 4.74 Å². The Bertz CT molecular complexity index is 549. The van der Waals surface area contributed by atoms with E-state index in [0.29, 0.717) is 5.88 Å². The molecule has 0 bridgehead atoms. The highest BCUT2D eigenvalue weighted by molar-refractivity contribution is 5.70.